The van der Waals surface area contributed by atoms with Crippen molar-refractivity contribution in [2.24, 2.45) is 28.9 Å². The van der Waals surface area contributed by atoms with Gasteiger partial charge < -0.3 is 10.1 Å². The fourth-order valence-electron chi connectivity index (χ4n) is 4.65. The summed E-state index contributed by atoms with van der Waals surface area (Å²) < 4.78 is 70.6. The van der Waals surface area contributed by atoms with Crippen molar-refractivity contribution in [3.63, 3.8) is 0 Å². The van der Waals surface area contributed by atoms with Gasteiger partial charge in [0.05, 0.1) is 17.8 Å². The monoisotopic (exact) mass is 557 g/mol. The van der Waals surface area contributed by atoms with Crippen LogP contribution in [0.5, 0.6) is 5.88 Å². The predicted octanol–water partition coefficient (Wildman–Crippen LogP) is 4.32. The molecule has 0 spiro atoms. The van der Waals surface area contributed by atoms with E-state index < -0.39 is 22.6 Å². The summed E-state index contributed by atoms with van der Waals surface area (Å²) in [4.78, 5) is 21.9. The Balaban J connectivity index is 1.38. The van der Waals surface area contributed by atoms with Gasteiger partial charge in [0.25, 0.3) is 0 Å². The topological polar surface area (TPSA) is 115 Å². The van der Waals surface area contributed by atoms with Crippen LogP contribution in [-0.2, 0) is 34.5 Å². The smallest absolute Gasteiger partial charge is 0.388 e. The number of sulfone groups is 1. The van der Waals surface area contributed by atoms with Crippen LogP contribution in [-0.4, -0.2) is 54.7 Å². The molecule has 1 unspecified atom stereocenters. The molecule has 2 aromatic rings. The van der Waals surface area contributed by atoms with Crippen LogP contribution in [0, 0.1) is 11.8 Å². The number of aryl methyl sites for hydroxylation is 2. The molecule has 1 amide bonds. The minimum Gasteiger partial charge on any atom is -0.415 e. The van der Waals surface area contributed by atoms with E-state index in [0.717, 1.165) is 17.7 Å². The van der Waals surface area contributed by atoms with Crippen LogP contribution in [0.25, 0.3) is 0 Å². The van der Waals surface area contributed by atoms with Crippen molar-refractivity contribution in [3.8, 4) is 5.88 Å². The number of amides is 1. The summed E-state index contributed by atoms with van der Waals surface area (Å²) in [5.41, 5.74) is 0.641. The summed E-state index contributed by atoms with van der Waals surface area (Å²) in [5, 5.41) is 6.97. The molecule has 2 saturated carbocycles. The molecule has 14 heteroatoms. The number of ether oxygens (including phenoxy) is 1. The van der Waals surface area contributed by atoms with Crippen molar-refractivity contribution in [2.75, 3.05) is 11.1 Å². The summed E-state index contributed by atoms with van der Waals surface area (Å²) in [6.07, 6.45) is 2.62. The molecule has 2 fully saturated rings. The lowest BCUT2D eigenvalue weighted by molar-refractivity contribution is -0.117. The van der Waals surface area contributed by atoms with E-state index in [1.165, 1.54) is 29.1 Å². The molecule has 2 heterocycles. The van der Waals surface area contributed by atoms with Crippen molar-refractivity contribution >= 4 is 43.9 Å². The van der Waals surface area contributed by atoms with Gasteiger partial charge in [-0.15, -0.1) is 16.4 Å². The highest BCUT2D eigenvalue weighted by atomic mass is 32.2. The molecule has 0 aromatic carbocycles. The van der Waals surface area contributed by atoms with E-state index in [2.05, 4.69) is 31.1 Å². The van der Waals surface area contributed by atoms with Gasteiger partial charge in [-0.05, 0) is 56.4 Å². The van der Waals surface area contributed by atoms with E-state index in [1.54, 1.807) is 0 Å². The largest absolute Gasteiger partial charge is 0.415 e. The summed E-state index contributed by atoms with van der Waals surface area (Å²) in [5.74, 6) is -0.700. The first-order chi connectivity index (χ1) is 17.6. The van der Waals surface area contributed by atoms with Gasteiger partial charge in [0.1, 0.15) is 16.1 Å². The fourth-order valence-corrected chi connectivity index (χ4v) is 8.34. The lowest BCUT2D eigenvalue weighted by atomic mass is 9.85. The SMILES string of the molecule is Cn1nc(OC(F)F)cc1N=C=NC1CCc2sc(NC(=O)C3CC3)c(S(=O)(=O)CC3CC(F)C3)c2C1. The molecule has 37 heavy (non-hydrogen) atoms. The van der Waals surface area contributed by atoms with E-state index in [1.807, 2.05) is 0 Å². The second kappa shape index (κ2) is 10.2. The predicted molar refractivity (Wildman–Crippen MR) is 131 cm³/mol. The van der Waals surface area contributed by atoms with Crippen LogP contribution < -0.4 is 10.1 Å². The van der Waals surface area contributed by atoms with Crippen LogP contribution in [0.4, 0.5) is 24.0 Å². The van der Waals surface area contributed by atoms with Gasteiger partial charge in [0.2, 0.25) is 11.8 Å². The van der Waals surface area contributed by atoms with Crippen molar-refractivity contribution in [2.45, 2.75) is 68.7 Å². The number of thiophene rings is 1. The van der Waals surface area contributed by atoms with Gasteiger partial charge in [-0.2, -0.15) is 13.8 Å². The number of nitrogens with one attached hydrogen (secondary N) is 1. The van der Waals surface area contributed by atoms with Gasteiger partial charge in [-0.1, -0.05) is 0 Å². The summed E-state index contributed by atoms with van der Waals surface area (Å²) in [6, 6.07) is 3.50. The lowest BCUT2D eigenvalue weighted by Crippen LogP contribution is -2.31. The molecule has 2 aromatic heterocycles. The molecule has 1 atom stereocenters. The number of halogens is 3. The minimum atomic E-state index is -3.77. The highest BCUT2D eigenvalue weighted by Crippen LogP contribution is 2.44. The van der Waals surface area contributed by atoms with Crippen LogP contribution >= 0.6 is 11.3 Å². The fraction of sp³-hybridized carbons (Fsp3) is 0.609. The number of hydrogen-bond acceptors (Lipinski definition) is 8. The third kappa shape index (κ3) is 5.91. The highest BCUT2D eigenvalue weighted by Gasteiger charge is 2.39. The standard InChI is InChI=1S/C23H26F3N5O4S2/c1-31-18(9-19(30-31)35-23(25)26)28-11-27-15-4-5-17-16(8-15)20(22(36-17)29-21(32)13-2-3-13)37(33,34)10-12-6-14(24)7-12/h9,12-15,23H,2-8,10H2,1H3,(H,29,32). The number of alkyl halides is 3. The molecule has 9 nitrogen and oxygen atoms in total. The Morgan fingerprint density at radius 3 is 2.78 bits per heavy atom. The number of rotatable bonds is 9. The van der Waals surface area contributed by atoms with E-state index >= 15 is 0 Å². The van der Waals surface area contributed by atoms with Gasteiger partial charge in [-0.3, -0.25) is 4.79 Å². The Morgan fingerprint density at radius 2 is 2.11 bits per heavy atom. The quantitative estimate of drug-likeness (QED) is 0.462. The van der Waals surface area contributed by atoms with Gasteiger partial charge in [-0.25, -0.2) is 22.5 Å². The molecule has 0 bridgehead atoms. The Bertz CT molecular complexity index is 1360. The van der Waals surface area contributed by atoms with E-state index in [4.69, 9.17) is 0 Å². The molecule has 0 radical (unpaired) electrons. The average Bonchev–Trinajstić information content (AvgIpc) is 3.50. The molecule has 0 aliphatic heterocycles. The highest BCUT2D eigenvalue weighted by molar-refractivity contribution is 7.91. The van der Waals surface area contributed by atoms with E-state index in [-0.39, 0.29) is 59.0 Å². The Hall–Kier alpha value is -2.70. The minimum absolute atomic E-state index is 0.0826. The number of fused-ring (bicyclic) bond motifs is 1. The third-order valence-electron chi connectivity index (χ3n) is 6.76. The molecule has 3 aliphatic rings. The third-order valence-corrected chi connectivity index (χ3v) is 10.1. The zero-order valence-electron chi connectivity index (χ0n) is 20.0. The van der Waals surface area contributed by atoms with Gasteiger partial charge in [0.15, 0.2) is 15.7 Å². The van der Waals surface area contributed by atoms with Gasteiger partial charge in [0, 0.05) is 23.9 Å². The van der Waals surface area contributed by atoms with E-state index in [9.17, 15) is 26.4 Å². The number of carbonyl (C=O) groups is 1. The molecule has 0 saturated heterocycles. The molecule has 200 valence electrons. The lowest BCUT2D eigenvalue weighted by Gasteiger charge is -2.29. The molecule has 5 rings (SSSR count). The number of aromatic nitrogens is 2. The number of nitrogens with zero attached hydrogens (tertiary/aromatic N) is 4. The number of carbonyl (C=O) groups excluding carboxylic acids is 1. The van der Waals surface area contributed by atoms with Crippen LogP contribution in [0.1, 0.15) is 42.5 Å². The molecule has 1 N–H and O–H groups in total. The van der Waals surface area contributed by atoms with E-state index in [0.29, 0.717) is 29.8 Å². The Kier molecular flexibility index (Phi) is 7.16. The first-order valence-corrected chi connectivity index (χ1v) is 14.5. The first-order valence-electron chi connectivity index (χ1n) is 12.1. The van der Waals surface area contributed by atoms with Gasteiger partial charge >= 0.3 is 6.61 Å². The second-order valence-electron chi connectivity index (χ2n) is 9.72. The number of hydrogen-bond donors (Lipinski definition) is 1. The Labute approximate surface area is 215 Å². The number of anilines is 1. The van der Waals surface area contributed by atoms with Crippen molar-refractivity contribution in [1.82, 2.24) is 9.78 Å². The average molecular weight is 558 g/mol. The summed E-state index contributed by atoms with van der Waals surface area (Å²) in [7, 11) is -2.25. The molecule has 3 aliphatic carbocycles. The summed E-state index contributed by atoms with van der Waals surface area (Å²) in [6.45, 7) is -3.01. The van der Waals surface area contributed by atoms with Crippen molar-refractivity contribution < 1.29 is 31.1 Å². The zero-order chi connectivity index (χ0) is 26.3. The maximum absolute atomic E-state index is 13.5. The zero-order valence-corrected chi connectivity index (χ0v) is 21.6. The maximum atomic E-state index is 13.5. The summed E-state index contributed by atoms with van der Waals surface area (Å²) >= 11 is 1.29. The molecular formula is C23H26F3N5O4S2. The normalized spacial score (nSPS) is 23.1. The number of aliphatic imine (C=N–C) groups is 2. The molecular weight excluding hydrogens is 531 g/mol. The van der Waals surface area contributed by atoms with Crippen LogP contribution in [0.3, 0.4) is 0 Å². The Morgan fingerprint density at radius 1 is 1.35 bits per heavy atom. The maximum Gasteiger partial charge on any atom is 0.388 e. The second-order valence-corrected chi connectivity index (χ2v) is 12.8. The van der Waals surface area contributed by atoms with Crippen LogP contribution in [0.15, 0.2) is 20.9 Å². The first kappa shape index (κ1) is 25.9. The van der Waals surface area contributed by atoms with Crippen LogP contribution in [0.2, 0.25) is 0 Å². The van der Waals surface area contributed by atoms with Crippen molar-refractivity contribution in [1.29, 1.82) is 0 Å². The van der Waals surface area contributed by atoms with Crippen molar-refractivity contribution in [3.05, 3.63) is 16.5 Å².